The van der Waals surface area contributed by atoms with Crippen LogP contribution in [-0.2, 0) is 13.0 Å². The van der Waals surface area contributed by atoms with E-state index in [-0.39, 0.29) is 17.7 Å². The molecule has 0 fully saturated rings. The van der Waals surface area contributed by atoms with Crippen molar-refractivity contribution in [3.05, 3.63) is 64.9 Å². The van der Waals surface area contributed by atoms with E-state index in [2.05, 4.69) is 46.7 Å². The van der Waals surface area contributed by atoms with Crippen molar-refractivity contribution in [1.29, 1.82) is 0 Å². The molecule has 0 aliphatic carbocycles. The number of ketones is 1. The van der Waals surface area contributed by atoms with Gasteiger partial charge in [0.1, 0.15) is 5.75 Å². The lowest BCUT2D eigenvalue weighted by Gasteiger charge is -2.24. The molecule has 1 aliphatic rings. The van der Waals surface area contributed by atoms with Crippen LogP contribution in [0.3, 0.4) is 0 Å². The van der Waals surface area contributed by atoms with Crippen molar-refractivity contribution in [2.24, 2.45) is 5.92 Å². The van der Waals surface area contributed by atoms with Crippen LogP contribution in [0.1, 0.15) is 22.8 Å². The summed E-state index contributed by atoms with van der Waals surface area (Å²) >= 11 is 6.19. The summed E-state index contributed by atoms with van der Waals surface area (Å²) in [5, 5.41) is 8.59. The molecule has 2 aromatic carbocycles. The van der Waals surface area contributed by atoms with Gasteiger partial charge in [0.05, 0.1) is 31.4 Å². The van der Waals surface area contributed by atoms with Crippen LogP contribution in [0.15, 0.2) is 48.8 Å². The van der Waals surface area contributed by atoms with Crippen LogP contribution >= 0.6 is 11.6 Å². The number of hydrogen-bond acceptors (Lipinski definition) is 5. The number of H-pyrrole nitrogens is 1. The van der Waals surface area contributed by atoms with E-state index in [1.807, 2.05) is 36.5 Å². The number of likely N-dealkylation sites (N-methyl/N-ethyl adjacent to an activating group) is 1. The first-order valence-electron chi connectivity index (χ1n) is 11.7. The minimum Gasteiger partial charge on any atom is -0.493 e. The zero-order chi connectivity index (χ0) is 24.7. The fourth-order valence-corrected chi connectivity index (χ4v) is 4.84. The van der Waals surface area contributed by atoms with Gasteiger partial charge in [-0.1, -0.05) is 23.7 Å². The summed E-state index contributed by atoms with van der Waals surface area (Å²) in [6, 6.07) is 12.0. The zero-order valence-corrected chi connectivity index (χ0v) is 21.1. The number of carbonyl (C=O) groups excluding carboxylic acids is 1. The van der Waals surface area contributed by atoms with Gasteiger partial charge in [0.2, 0.25) is 5.88 Å². The van der Waals surface area contributed by atoms with Crippen molar-refractivity contribution in [3.63, 3.8) is 0 Å². The Morgan fingerprint density at radius 1 is 1.31 bits per heavy atom. The lowest BCUT2D eigenvalue weighted by atomic mass is 9.89. The Balaban J connectivity index is 1.55. The topological polar surface area (TPSA) is 72.4 Å². The number of nitrogens with zero attached hydrogens (tertiary/aromatic N) is 3. The smallest absolute Gasteiger partial charge is 0.216 e. The number of methoxy groups -OCH3 is 1. The fraction of sp³-hybridized carbons (Fsp3) is 0.333. The number of aromatic amines is 1. The minimum absolute atomic E-state index is 0.0884. The highest BCUT2D eigenvalue weighted by Gasteiger charge is 2.29. The average Bonchev–Trinajstić information content (AvgIpc) is 3.47. The van der Waals surface area contributed by atoms with E-state index < -0.39 is 0 Å². The molecule has 1 unspecified atom stereocenters. The lowest BCUT2D eigenvalue weighted by Crippen LogP contribution is -2.29. The summed E-state index contributed by atoms with van der Waals surface area (Å²) in [4.78, 5) is 16.0. The Kier molecular flexibility index (Phi) is 6.30. The molecule has 2 aromatic heterocycles. The van der Waals surface area contributed by atoms with E-state index in [0.29, 0.717) is 23.9 Å². The van der Waals surface area contributed by atoms with Crippen molar-refractivity contribution >= 4 is 28.3 Å². The molecule has 0 spiro atoms. The van der Waals surface area contributed by atoms with Gasteiger partial charge in [-0.2, -0.15) is 5.10 Å². The number of nitrogens with one attached hydrogen (secondary N) is 1. The molecule has 1 N–H and O–H groups in total. The third-order valence-electron chi connectivity index (χ3n) is 6.91. The molecule has 3 heterocycles. The van der Waals surface area contributed by atoms with Crippen molar-refractivity contribution in [2.75, 3.05) is 27.8 Å². The molecular formula is C27H29ClN4O3. The number of rotatable bonds is 7. The molecule has 0 bridgehead atoms. The van der Waals surface area contributed by atoms with E-state index in [1.54, 1.807) is 13.3 Å². The van der Waals surface area contributed by atoms with Crippen LogP contribution in [0, 0.1) is 5.92 Å². The molecule has 4 aromatic rings. The van der Waals surface area contributed by atoms with Crippen LogP contribution in [0.4, 0.5) is 0 Å². The second kappa shape index (κ2) is 9.40. The van der Waals surface area contributed by atoms with E-state index in [4.69, 9.17) is 21.1 Å². The Bertz CT molecular complexity index is 1390. The molecule has 0 saturated carbocycles. The number of carbonyl (C=O) groups is 1. The largest absolute Gasteiger partial charge is 0.493 e. The second-order valence-electron chi connectivity index (χ2n) is 9.38. The Hall–Kier alpha value is -3.29. The summed E-state index contributed by atoms with van der Waals surface area (Å²) in [5.74, 6) is 1.24. The molecule has 1 aliphatic heterocycles. The number of aromatic nitrogens is 3. The van der Waals surface area contributed by atoms with Crippen LogP contribution in [0.25, 0.3) is 22.0 Å². The highest BCUT2D eigenvalue weighted by atomic mass is 35.5. The molecule has 7 nitrogen and oxygen atoms in total. The molecule has 5 rings (SSSR count). The molecule has 35 heavy (non-hydrogen) atoms. The fourth-order valence-electron chi connectivity index (χ4n) is 4.64. The third-order valence-corrected chi connectivity index (χ3v) is 7.14. The molecule has 0 radical (unpaired) electrons. The van der Waals surface area contributed by atoms with Crippen LogP contribution in [0.2, 0.25) is 5.02 Å². The monoisotopic (exact) mass is 492 g/mol. The van der Waals surface area contributed by atoms with Gasteiger partial charge >= 0.3 is 0 Å². The molecule has 8 heteroatoms. The highest BCUT2D eigenvalue weighted by molar-refractivity contribution is 6.30. The summed E-state index contributed by atoms with van der Waals surface area (Å²) in [7, 11) is 5.74. The van der Waals surface area contributed by atoms with Gasteiger partial charge in [-0.3, -0.25) is 4.79 Å². The first-order chi connectivity index (χ1) is 16.9. The predicted octanol–water partition coefficient (Wildman–Crippen LogP) is 5.08. The number of fused-ring (bicyclic) bond motifs is 2. The Labute approximate surface area is 209 Å². The molecule has 0 saturated heterocycles. The highest BCUT2D eigenvalue weighted by Crippen LogP contribution is 2.35. The average molecular weight is 493 g/mol. The van der Waals surface area contributed by atoms with Crippen LogP contribution < -0.4 is 9.47 Å². The summed E-state index contributed by atoms with van der Waals surface area (Å²) in [5.41, 5.74) is 4.55. The first-order valence-corrected chi connectivity index (χ1v) is 12.1. The van der Waals surface area contributed by atoms with Gasteiger partial charge in [-0.25, -0.2) is 5.10 Å². The molecule has 0 amide bonds. The Morgan fingerprint density at radius 2 is 2.14 bits per heavy atom. The predicted molar refractivity (Wildman–Crippen MR) is 138 cm³/mol. The normalized spacial score (nSPS) is 16.2. The SMILES string of the molecule is COc1[nH]ncc1-c1ccc2c(C(=O)C3COc4ccc(Cl)cc4C3)cn(C[C@@H](C)N(C)C)c2c1. The first kappa shape index (κ1) is 23.5. The second-order valence-corrected chi connectivity index (χ2v) is 9.82. The van der Waals surface area contributed by atoms with Crippen LogP contribution in [-0.4, -0.2) is 59.3 Å². The number of hydrogen-bond donors (Lipinski definition) is 1. The summed E-state index contributed by atoms with van der Waals surface area (Å²) in [6.45, 7) is 3.28. The van der Waals surface area contributed by atoms with Crippen LogP contribution in [0.5, 0.6) is 11.6 Å². The van der Waals surface area contributed by atoms with Crippen molar-refractivity contribution < 1.29 is 14.3 Å². The Morgan fingerprint density at radius 3 is 2.91 bits per heavy atom. The zero-order valence-electron chi connectivity index (χ0n) is 20.3. The number of benzene rings is 2. The van der Waals surface area contributed by atoms with Gasteiger partial charge in [-0.05, 0) is 62.8 Å². The lowest BCUT2D eigenvalue weighted by molar-refractivity contribution is 0.0856. The summed E-state index contributed by atoms with van der Waals surface area (Å²) in [6.07, 6.45) is 4.36. The van der Waals surface area contributed by atoms with E-state index in [1.165, 1.54) is 0 Å². The van der Waals surface area contributed by atoms with Gasteiger partial charge in [0.15, 0.2) is 5.78 Å². The van der Waals surface area contributed by atoms with E-state index >= 15 is 0 Å². The maximum absolute atomic E-state index is 13.8. The quantitative estimate of drug-likeness (QED) is 0.364. The maximum atomic E-state index is 13.8. The minimum atomic E-state index is -0.264. The maximum Gasteiger partial charge on any atom is 0.216 e. The van der Waals surface area contributed by atoms with Crippen molar-refractivity contribution in [3.8, 4) is 22.8 Å². The van der Waals surface area contributed by atoms with Gasteiger partial charge in [0.25, 0.3) is 0 Å². The van der Waals surface area contributed by atoms with Gasteiger partial charge in [0, 0.05) is 40.3 Å². The van der Waals surface area contributed by atoms with E-state index in [9.17, 15) is 4.79 Å². The third kappa shape index (κ3) is 4.42. The van der Waals surface area contributed by atoms with E-state index in [0.717, 1.165) is 45.5 Å². The number of ether oxygens (including phenoxy) is 2. The number of halogens is 1. The van der Waals surface area contributed by atoms with Gasteiger partial charge < -0.3 is 18.9 Å². The van der Waals surface area contributed by atoms with Gasteiger partial charge in [-0.15, -0.1) is 0 Å². The molecule has 182 valence electrons. The number of Topliss-reactive ketones (excluding diaryl/α,β-unsaturated/α-hetero) is 1. The van der Waals surface area contributed by atoms with Crippen molar-refractivity contribution in [2.45, 2.75) is 25.9 Å². The van der Waals surface area contributed by atoms with Crippen molar-refractivity contribution in [1.82, 2.24) is 19.7 Å². The molecule has 2 atom stereocenters. The standard InChI is InChI=1S/C27H29ClN4O3/c1-16(31(2)3)13-32-14-23(26(33)19-9-18-10-20(28)6-8-25(18)35-15-19)21-7-5-17(11-24(21)32)22-12-29-30-27(22)34-4/h5-8,10-12,14,16,19H,9,13,15H2,1-4H3,(H,29,30)/t16-,19?/m1/s1. The molecular weight excluding hydrogens is 464 g/mol. The summed E-state index contributed by atoms with van der Waals surface area (Å²) < 4.78 is 13.5.